The second kappa shape index (κ2) is 8.99. The van der Waals surface area contributed by atoms with E-state index < -0.39 is 10.0 Å². The van der Waals surface area contributed by atoms with Crippen LogP contribution in [0.4, 0.5) is 5.69 Å². The van der Waals surface area contributed by atoms with Gasteiger partial charge in [-0.1, -0.05) is 19.1 Å². The average Bonchev–Trinajstić information content (AvgIpc) is 3.17. The van der Waals surface area contributed by atoms with Crippen LogP contribution in [0.25, 0.3) is 0 Å². The van der Waals surface area contributed by atoms with Crippen LogP contribution in [0.5, 0.6) is 0 Å². The summed E-state index contributed by atoms with van der Waals surface area (Å²) in [5.41, 5.74) is 2.03. The Hall–Kier alpha value is -0.700. The molecule has 0 aromatic heterocycles. The second-order valence-electron chi connectivity index (χ2n) is 6.70. The third-order valence-electron chi connectivity index (χ3n) is 4.66. The summed E-state index contributed by atoms with van der Waals surface area (Å²) in [7, 11) is -3.24. The third kappa shape index (κ3) is 4.97. The molecule has 0 saturated carbocycles. The van der Waals surface area contributed by atoms with Gasteiger partial charge in [0, 0.05) is 30.3 Å². The van der Waals surface area contributed by atoms with Crippen LogP contribution in [-0.4, -0.2) is 49.0 Å². The Labute approximate surface area is 164 Å². The van der Waals surface area contributed by atoms with E-state index in [9.17, 15) is 13.2 Å². The highest BCUT2D eigenvalue weighted by Gasteiger charge is 2.32. The molecular weight excluding hydrogens is 388 g/mol. The Morgan fingerprint density at radius 2 is 2.08 bits per heavy atom. The van der Waals surface area contributed by atoms with Crippen molar-refractivity contribution in [3.8, 4) is 0 Å². The van der Waals surface area contributed by atoms with Crippen LogP contribution in [0.15, 0.2) is 24.3 Å². The lowest BCUT2D eigenvalue weighted by Crippen LogP contribution is -2.44. The molecule has 8 heteroatoms. The maximum absolute atomic E-state index is 12.7. The van der Waals surface area contributed by atoms with Crippen molar-refractivity contribution < 1.29 is 13.2 Å². The van der Waals surface area contributed by atoms with Crippen molar-refractivity contribution in [2.24, 2.45) is 5.92 Å². The Morgan fingerprint density at radius 3 is 2.81 bits per heavy atom. The van der Waals surface area contributed by atoms with Gasteiger partial charge in [0.15, 0.2) is 0 Å². The monoisotopic (exact) mass is 414 g/mol. The number of sulfonamides is 1. The van der Waals surface area contributed by atoms with Gasteiger partial charge >= 0.3 is 0 Å². The first-order valence-electron chi connectivity index (χ1n) is 9.11. The molecule has 1 aromatic rings. The largest absolute Gasteiger partial charge is 0.326 e. The van der Waals surface area contributed by atoms with Crippen molar-refractivity contribution in [1.29, 1.82) is 0 Å². The Bertz CT molecular complexity index is 733. The van der Waals surface area contributed by atoms with Gasteiger partial charge in [-0.2, -0.15) is 0 Å². The number of piperidine rings is 1. The van der Waals surface area contributed by atoms with E-state index in [1.807, 2.05) is 48.6 Å². The molecule has 2 fully saturated rings. The first-order chi connectivity index (χ1) is 12.5. The topological polar surface area (TPSA) is 66.5 Å². The van der Waals surface area contributed by atoms with Crippen LogP contribution in [0.1, 0.15) is 36.3 Å². The number of thioether (sulfide) groups is 2. The first-order valence-corrected chi connectivity index (χ1v) is 12.8. The quantitative estimate of drug-likeness (QED) is 0.771. The van der Waals surface area contributed by atoms with Gasteiger partial charge in [-0.15, -0.1) is 23.5 Å². The fourth-order valence-corrected chi connectivity index (χ4v) is 7.78. The number of nitrogens with zero attached hydrogens (tertiary/aromatic N) is 1. The zero-order chi connectivity index (χ0) is 18.6. The molecule has 0 spiro atoms. The summed E-state index contributed by atoms with van der Waals surface area (Å²) in [6, 6.07) is 8.02. The van der Waals surface area contributed by atoms with Crippen molar-refractivity contribution in [2.75, 3.05) is 35.7 Å². The van der Waals surface area contributed by atoms with E-state index >= 15 is 0 Å². The maximum Gasteiger partial charge on any atom is 0.228 e. The summed E-state index contributed by atoms with van der Waals surface area (Å²) in [5, 5.41) is 3.00. The predicted octanol–water partition coefficient (Wildman–Crippen LogP) is 3.56. The number of anilines is 1. The molecule has 1 unspecified atom stereocenters. The van der Waals surface area contributed by atoms with Gasteiger partial charge in [-0.3, -0.25) is 4.79 Å². The number of carbonyl (C=O) groups excluding carboxylic acids is 1. The molecule has 1 aromatic carbocycles. The van der Waals surface area contributed by atoms with Gasteiger partial charge in [0.05, 0.1) is 16.3 Å². The average molecular weight is 415 g/mol. The number of hydrogen-bond acceptors (Lipinski definition) is 5. The summed E-state index contributed by atoms with van der Waals surface area (Å²) in [4.78, 5) is 12.7. The smallest absolute Gasteiger partial charge is 0.228 e. The van der Waals surface area contributed by atoms with E-state index in [1.165, 1.54) is 9.87 Å². The number of carbonyl (C=O) groups is 1. The van der Waals surface area contributed by atoms with Crippen LogP contribution in [0, 0.1) is 5.92 Å². The van der Waals surface area contributed by atoms with Gasteiger partial charge in [-0.05, 0) is 37.0 Å². The maximum atomic E-state index is 12.7. The molecule has 0 radical (unpaired) electrons. The fraction of sp³-hybridized carbons (Fsp3) is 0.611. The van der Waals surface area contributed by atoms with Crippen molar-refractivity contribution in [1.82, 2.24) is 4.31 Å². The lowest BCUT2D eigenvalue weighted by molar-refractivity contribution is -0.120. The normalized spacial score (nSPS) is 22.4. The SMILES string of the molecule is CCCS(=O)(=O)N1CCCC(C(=O)Nc2cccc(C3SCCS3)c2)C1. The molecule has 3 rings (SSSR count). The van der Waals surface area contributed by atoms with Gasteiger partial charge in [0.2, 0.25) is 15.9 Å². The highest BCUT2D eigenvalue weighted by atomic mass is 32.2. The summed E-state index contributed by atoms with van der Waals surface area (Å²) < 4.78 is 26.5. The lowest BCUT2D eigenvalue weighted by atomic mass is 9.98. The highest BCUT2D eigenvalue weighted by molar-refractivity contribution is 8.19. The van der Waals surface area contributed by atoms with Crippen LogP contribution in [0.2, 0.25) is 0 Å². The number of rotatable bonds is 6. The molecular formula is C18H26N2O3S3. The van der Waals surface area contributed by atoms with Crippen molar-refractivity contribution >= 4 is 45.1 Å². The zero-order valence-electron chi connectivity index (χ0n) is 15.0. The van der Waals surface area contributed by atoms with E-state index in [1.54, 1.807) is 0 Å². The van der Waals surface area contributed by atoms with Crippen molar-refractivity contribution in [3.63, 3.8) is 0 Å². The Balaban J connectivity index is 1.63. The molecule has 2 heterocycles. The van der Waals surface area contributed by atoms with Gasteiger partial charge in [-0.25, -0.2) is 12.7 Å². The lowest BCUT2D eigenvalue weighted by Gasteiger charge is -2.31. The molecule has 2 aliphatic rings. The molecule has 1 amide bonds. The number of benzene rings is 1. The molecule has 2 saturated heterocycles. The van der Waals surface area contributed by atoms with Crippen LogP contribution in [-0.2, 0) is 14.8 Å². The summed E-state index contributed by atoms with van der Waals surface area (Å²) in [6.07, 6.45) is 2.06. The first kappa shape index (κ1) is 20.0. The molecule has 0 bridgehead atoms. The standard InChI is InChI=1S/C18H26N2O3S3/c1-2-11-26(22,23)20-8-4-6-15(13-20)17(21)19-16-7-3-5-14(12-16)18-24-9-10-25-18/h3,5,7,12,15,18H,2,4,6,8-11,13H2,1H3,(H,19,21). The van der Waals surface area contributed by atoms with E-state index in [-0.39, 0.29) is 17.6 Å². The third-order valence-corrected chi connectivity index (χ3v) is 9.81. The molecule has 0 aliphatic carbocycles. The van der Waals surface area contributed by atoms with Crippen LogP contribution < -0.4 is 5.32 Å². The molecule has 144 valence electrons. The minimum absolute atomic E-state index is 0.0784. The number of nitrogens with one attached hydrogen (secondary N) is 1. The Morgan fingerprint density at radius 1 is 1.31 bits per heavy atom. The Kier molecular flexibility index (Phi) is 6.93. The van der Waals surface area contributed by atoms with Crippen LogP contribution in [0.3, 0.4) is 0 Å². The van der Waals surface area contributed by atoms with Crippen molar-refractivity contribution in [2.45, 2.75) is 30.8 Å². The summed E-state index contributed by atoms with van der Waals surface area (Å²) >= 11 is 3.87. The molecule has 26 heavy (non-hydrogen) atoms. The van der Waals surface area contributed by atoms with Crippen LogP contribution >= 0.6 is 23.5 Å². The highest BCUT2D eigenvalue weighted by Crippen LogP contribution is 2.45. The van der Waals surface area contributed by atoms with E-state index in [0.717, 1.165) is 30.0 Å². The predicted molar refractivity (Wildman–Crippen MR) is 111 cm³/mol. The number of amides is 1. The molecule has 2 aliphatic heterocycles. The summed E-state index contributed by atoms with van der Waals surface area (Å²) in [5.74, 6) is 2.12. The van der Waals surface area contributed by atoms with Crippen molar-refractivity contribution in [3.05, 3.63) is 29.8 Å². The van der Waals surface area contributed by atoms with Gasteiger partial charge in [0.25, 0.3) is 0 Å². The molecule has 5 nitrogen and oxygen atoms in total. The van der Waals surface area contributed by atoms with Gasteiger partial charge in [0.1, 0.15) is 0 Å². The van der Waals surface area contributed by atoms with Gasteiger partial charge < -0.3 is 5.32 Å². The number of hydrogen-bond donors (Lipinski definition) is 1. The zero-order valence-corrected chi connectivity index (χ0v) is 17.5. The minimum Gasteiger partial charge on any atom is -0.326 e. The molecule has 1 atom stereocenters. The summed E-state index contributed by atoms with van der Waals surface area (Å²) in [6.45, 7) is 2.68. The minimum atomic E-state index is -3.24. The van der Waals surface area contributed by atoms with E-state index in [0.29, 0.717) is 24.1 Å². The fourth-order valence-electron chi connectivity index (χ4n) is 3.35. The second-order valence-corrected chi connectivity index (χ2v) is 11.5. The van der Waals surface area contributed by atoms with E-state index in [4.69, 9.17) is 0 Å². The van der Waals surface area contributed by atoms with E-state index in [2.05, 4.69) is 11.4 Å². The molecule has 1 N–H and O–H groups in total.